The first kappa shape index (κ1) is 11.5. The monoisotopic (exact) mass is 229 g/mol. The summed E-state index contributed by atoms with van der Waals surface area (Å²) in [5.74, 6) is -0.131. The third-order valence-corrected chi connectivity index (χ3v) is 4.33. The van der Waals surface area contributed by atoms with Crippen LogP contribution in [0.5, 0.6) is 0 Å². The number of ketones is 1. The molecule has 2 saturated carbocycles. The van der Waals surface area contributed by atoms with E-state index < -0.39 is 28.1 Å². The van der Waals surface area contributed by atoms with E-state index >= 15 is 0 Å². The van der Waals surface area contributed by atoms with Crippen molar-refractivity contribution in [2.24, 2.45) is 5.41 Å². The Morgan fingerprint density at radius 1 is 1.50 bits per heavy atom. The van der Waals surface area contributed by atoms with E-state index in [-0.39, 0.29) is 25.0 Å². The quantitative estimate of drug-likeness (QED) is 0.482. The fourth-order valence-corrected chi connectivity index (χ4v) is 3.16. The summed E-state index contributed by atoms with van der Waals surface area (Å²) in [5.41, 5.74) is -2.75. The standard InChI is InChI=1S/C10H15NO5/c1-9-4-2-6(12)8(11(15)16)10(9,14)5-3-7(9)13/h6,8,12,14H,2-5H2,1H3/t6-,8-,9+,10-/m0/s1. The van der Waals surface area contributed by atoms with Gasteiger partial charge in [0.25, 0.3) is 6.04 Å². The Balaban J connectivity index is 2.47. The molecule has 6 nitrogen and oxygen atoms in total. The minimum atomic E-state index is -1.69. The number of Topliss-reactive ketones (excluding diaryl/α,β-unsaturated/α-hetero) is 1. The number of rotatable bonds is 1. The number of aliphatic hydroxyl groups is 2. The zero-order chi connectivity index (χ0) is 12.1. The summed E-state index contributed by atoms with van der Waals surface area (Å²) in [6, 6.07) is -1.45. The molecule has 0 aromatic carbocycles. The molecule has 0 radical (unpaired) electrons. The van der Waals surface area contributed by atoms with E-state index in [0.717, 1.165) is 0 Å². The molecule has 0 unspecified atom stereocenters. The molecule has 0 amide bonds. The lowest BCUT2D eigenvalue weighted by atomic mass is 9.62. The number of carbonyl (C=O) groups excluding carboxylic acids is 1. The molecule has 2 aliphatic carbocycles. The van der Waals surface area contributed by atoms with E-state index in [1.807, 2.05) is 0 Å². The Bertz CT molecular complexity index is 357. The summed E-state index contributed by atoms with van der Waals surface area (Å²) in [6.07, 6.45) is -0.432. The van der Waals surface area contributed by atoms with Gasteiger partial charge in [-0.15, -0.1) is 0 Å². The van der Waals surface area contributed by atoms with Crippen LogP contribution in [-0.2, 0) is 4.79 Å². The number of aliphatic hydroxyl groups excluding tert-OH is 1. The molecule has 0 aromatic rings. The molecule has 6 heteroatoms. The van der Waals surface area contributed by atoms with E-state index in [2.05, 4.69) is 0 Å². The van der Waals surface area contributed by atoms with E-state index in [0.29, 0.717) is 6.42 Å². The molecule has 0 heterocycles. The summed E-state index contributed by atoms with van der Waals surface area (Å²) in [7, 11) is 0. The van der Waals surface area contributed by atoms with Crippen LogP contribution in [0.3, 0.4) is 0 Å². The smallest absolute Gasteiger partial charge is 0.267 e. The van der Waals surface area contributed by atoms with Crippen molar-refractivity contribution < 1.29 is 19.9 Å². The van der Waals surface area contributed by atoms with Gasteiger partial charge in [0.1, 0.15) is 17.5 Å². The lowest BCUT2D eigenvalue weighted by Gasteiger charge is -2.44. The van der Waals surface area contributed by atoms with Gasteiger partial charge in [-0.25, -0.2) is 0 Å². The molecule has 2 aliphatic rings. The number of nitro groups is 1. The van der Waals surface area contributed by atoms with Gasteiger partial charge in [0, 0.05) is 11.3 Å². The minimum absolute atomic E-state index is 0.0744. The number of hydrogen-bond acceptors (Lipinski definition) is 5. The number of nitrogens with zero attached hydrogens (tertiary/aromatic N) is 1. The van der Waals surface area contributed by atoms with Gasteiger partial charge in [-0.3, -0.25) is 14.9 Å². The fourth-order valence-electron chi connectivity index (χ4n) is 3.16. The van der Waals surface area contributed by atoms with E-state index in [4.69, 9.17) is 0 Å². The molecule has 0 aromatic heterocycles. The highest BCUT2D eigenvalue weighted by atomic mass is 16.6. The van der Waals surface area contributed by atoms with Crippen molar-refractivity contribution in [2.45, 2.75) is 50.4 Å². The summed E-state index contributed by atoms with van der Waals surface area (Å²) >= 11 is 0. The first-order chi connectivity index (χ1) is 7.33. The molecule has 2 rings (SSSR count). The largest absolute Gasteiger partial charge is 0.386 e. The van der Waals surface area contributed by atoms with Crippen LogP contribution in [0.4, 0.5) is 0 Å². The zero-order valence-electron chi connectivity index (χ0n) is 9.05. The second-order valence-corrected chi connectivity index (χ2v) is 5.02. The predicted molar refractivity (Wildman–Crippen MR) is 53.3 cm³/mol. The molecular weight excluding hydrogens is 214 g/mol. The second-order valence-electron chi connectivity index (χ2n) is 5.02. The van der Waals surface area contributed by atoms with Crippen molar-refractivity contribution in [3.8, 4) is 0 Å². The fraction of sp³-hybridized carbons (Fsp3) is 0.900. The summed E-state index contributed by atoms with van der Waals surface area (Å²) < 4.78 is 0. The molecule has 2 N–H and O–H groups in total. The highest BCUT2D eigenvalue weighted by Gasteiger charge is 2.68. The SMILES string of the molecule is C[C@]12CC[C@H](O)[C@H]([N+](=O)[O-])[C@@]1(O)CCC2=O. The van der Waals surface area contributed by atoms with Crippen LogP contribution in [0.1, 0.15) is 32.6 Å². The van der Waals surface area contributed by atoms with Gasteiger partial charge >= 0.3 is 0 Å². The van der Waals surface area contributed by atoms with Crippen molar-refractivity contribution in [3.63, 3.8) is 0 Å². The van der Waals surface area contributed by atoms with Crippen LogP contribution >= 0.6 is 0 Å². The zero-order valence-corrected chi connectivity index (χ0v) is 9.05. The maximum absolute atomic E-state index is 11.7. The van der Waals surface area contributed by atoms with Crippen molar-refractivity contribution >= 4 is 5.78 Å². The summed E-state index contributed by atoms with van der Waals surface area (Å²) in [6.45, 7) is 1.57. The maximum Gasteiger partial charge on any atom is 0.267 e. The van der Waals surface area contributed by atoms with Crippen molar-refractivity contribution in [3.05, 3.63) is 10.1 Å². The third-order valence-electron chi connectivity index (χ3n) is 4.33. The first-order valence-electron chi connectivity index (χ1n) is 5.40. The molecule has 2 fully saturated rings. The summed E-state index contributed by atoms with van der Waals surface area (Å²) in [4.78, 5) is 22.0. The van der Waals surface area contributed by atoms with Gasteiger partial charge in [-0.05, 0) is 26.2 Å². The van der Waals surface area contributed by atoms with Crippen LogP contribution < -0.4 is 0 Å². The van der Waals surface area contributed by atoms with Crippen molar-refractivity contribution in [2.75, 3.05) is 0 Å². The van der Waals surface area contributed by atoms with Gasteiger partial charge in [-0.2, -0.15) is 0 Å². The first-order valence-corrected chi connectivity index (χ1v) is 5.40. The highest BCUT2D eigenvalue weighted by molar-refractivity contribution is 5.88. The lowest BCUT2D eigenvalue weighted by molar-refractivity contribution is -0.566. The van der Waals surface area contributed by atoms with Gasteiger partial charge in [0.2, 0.25) is 0 Å². The van der Waals surface area contributed by atoms with Crippen LogP contribution in [0.15, 0.2) is 0 Å². The molecule has 4 atom stereocenters. The average Bonchev–Trinajstić information content (AvgIpc) is 2.41. The Morgan fingerprint density at radius 3 is 2.69 bits per heavy atom. The molecule has 0 bridgehead atoms. The number of fused-ring (bicyclic) bond motifs is 1. The number of carbonyl (C=O) groups is 1. The van der Waals surface area contributed by atoms with E-state index in [1.54, 1.807) is 6.92 Å². The molecule has 90 valence electrons. The second kappa shape index (κ2) is 3.24. The van der Waals surface area contributed by atoms with Crippen molar-refractivity contribution in [1.82, 2.24) is 0 Å². The average molecular weight is 229 g/mol. The Kier molecular flexibility index (Phi) is 2.32. The van der Waals surface area contributed by atoms with Crippen LogP contribution in [-0.4, -0.2) is 38.7 Å². The molecule has 0 aliphatic heterocycles. The van der Waals surface area contributed by atoms with Crippen molar-refractivity contribution in [1.29, 1.82) is 0 Å². The van der Waals surface area contributed by atoms with E-state index in [1.165, 1.54) is 0 Å². The van der Waals surface area contributed by atoms with Gasteiger partial charge in [-0.1, -0.05) is 0 Å². The van der Waals surface area contributed by atoms with Crippen LogP contribution in [0.25, 0.3) is 0 Å². The molecule has 0 saturated heterocycles. The highest BCUT2D eigenvalue weighted by Crippen LogP contribution is 2.53. The van der Waals surface area contributed by atoms with E-state index in [9.17, 15) is 25.1 Å². The Labute approximate surface area is 92.4 Å². The van der Waals surface area contributed by atoms with Crippen LogP contribution in [0.2, 0.25) is 0 Å². The Morgan fingerprint density at radius 2 is 2.12 bits per heavy atom. The molecule has 0 spiro atoms. The predicted octanol–water partition coefficient (Wildman–Crippen LogP) is -0.113. The topological polar surface area (TPSA) is 101 Å². The third kappa shape index (κ3) is 1.17. The molecule has 16 heavy (non-hydrogen) atoms. The van der Waals surface area contributed by atoms with Gasteiger partial charge in [0.05, 0.1) is 5.41 Å². The Hall–Kier alpha value is -1.01. The number of hydrogen-bond donors (Lipinski definition) is 2. The minimum Gasteiger partial charge on any atom is -0.386 e. The maximum atomic E-state index is 11.7. The summed E-state index contributed by atoms with van der Waals surface area (Å²) in [5, 5.41) is 31.0. The van der Waals surface area contributed by atoms with Gasteiger partial charge < -0.3 is 10.2 Å². The lowest BCUT2D eigenvalue weighted by Crippen LogP contribution is -2.64. The normalized spacial score (nSPS) is 47.8. The van der Waals surface area contributed by atoms with Gasteiger partial charge in [0.15, 0.2) is 0 Å². The van der Waals surface area contributed by atoms with Crippen LogP contribution in [0, 0.1) is 15.5 Å². The molecular formula is C10H15NO5.